The number of hydrogen-bond donors (Lipinski definition) is 0. The average molecular weight is 146 g/mol. The maximum atomic E-state index is 5.14. The Kier molecular flexibility index (Phi) is 5.10. The summed E-state index contributed by atoms with van der Waals surface area (Å²) < 4.78 is 5.14. The molecule has 56 valence electrons. The van der Waals surface area contributed by atoms with Gasteiger partial charge in [-0.1, -0.05) is 20.8 Å². The molecule has 0 heterocycles. The maximum Gasteiger partial charge on any atom is 0.163 e. The summed E-state index contributed by atoms with van der Waals surface area (Å²) in [5.74, 6) is 0.836. The van der Waals surface area contributed by atoms with Crippen molar-refractivity contribution in [3.63, 3.8) is 0 Å². The number of rotatable bonds is 4. The van der Waals surface area contributed by atoms with Crippen LogP contribution in [0, 0.1) is 5.92 Å². The Bertz CT molecular complexity index is 63.9. The van der Waals surface area contributed by atoms with Crippen molar-refractivity contribution >= 4 is 9.76 Å². The van der Waals surface area contributed by atoms with Crippen LogP contribution in [0.25, 0.3) is 0 Å². The molecule has 0 saturated carbocycles. The Morgan fingerprint density at radius 1 is 1.33 bits per heavy atom. The largest absolute Gasteiger partial charge is 0.427 e. The van der Waals surface area contributed by atoms with E-state index >= 15 is 0 Å². The topological polar surface area (TPSA) is 9.23 Å². The highest BCUT2D eigenvalue weighted by Gasteiger charge is 2.03. The second-order valence-corrected chi connectivity index (χ2v) is 5.49. The molecule has 2 heteroatoms. The molecule has 0 aromatic carbocycles. The third-order valence-electron chi connectivity index (χ3n) is 1.32. The summed E-state index contributed by atoms with van der Waals surface area (Å²) >= 11 is 0. The Labute approximate surface area is 60.7 Å². The Hall–Kier alpha value is 0.177. The van der Waals surface area contributed by atoms with Crippen molar-refractivity contribution in [3.05, 3.63) is 0 Å². The molecule has 0 aliphatic heterocycles. The van der Waals surface area contributed by atoms with Crippen molar-refractivity contribution in [1.82, 2.24) is 0 Å². The Morgan fingerprint density at radius 3 is 2.22 bits per heavy atom. The second-order valence-electron chi connectivity index (χ2n) is 3.19. The molecule has 0 saturated heterocycles. The minimum Gasteiger partial charge on any atom is -0.427 e. The van der Waals surface area contributed by atoms with E-state index in [4.69, 9.17) is 4.43 Å². The molecular formula is C7H18OSi. The SMILES string of the molecule is CO[SiH2]C(C)CC(C)C. The normalized spacial score (nSPS) is 15.7. The Morgan fingerprint density at radius 2 is 1.89 bits per heavy atom. The van der Waals surface area contributed by atoms with Crippen molar-refractivity contribution in [2.75, 3.05) is 7.11 Å². The Balaban J connectivity index is 3.15. The molecule has 0 aromatic heterocycles. The van der Waals surface area contributed by atoms with Gasteiger partial charge in [0, 0.05) is 7.11 Å². The van der Waals surface area contributed by atoms with Crippen LogP contribution in [0.4, 0.5) is 0 Å². The summed E-state index contributed by atoms with van der Waals surface area (Å²) in [6, 6.07) is 0. The van der Waals surface area contributed by atoms with Crippen LogP contribution in [0.1, 0.15) is 27.2 Å². The first kappa shape index (κ1) is 9.18. The van der Waals surface area contributed by atoms with Gasteiger partial charge in [-0.05, 0) is 17.9 Å². The smallest absolute Gasteiger partial charge is 0.163 e. The van der Waals surface area contributed by atoms with Gasteiger partial charge in [0.1, 0.15) is 0 Å². The average Bonchev–Trinajstić information content (AvgIpc) is 1.63. The zero-order valence-electron chi connectivity index (χ0n) is 6.98. The molecule has 0 bridgehead atoms. The molecule has 1 nitrogen and oxygen atoms in total. The van der Waals surface area contributed by atoms with Crippen molar-refractivity contribution in [1.29, 1.82) is 0 Å². The summed E-state index contributed by atoms with van der Waals surface area (Å²) in [4.78, 5) is 0. The van der Waals surface area contributed by atoms with Gasteiger partial charge in [0.2, 0.25) is 0 Å². The van der Waals surface area contributed by atoms with Crippen LogP contribution >= 0.6 is 0 Å². The summed E-state index contributed by atoms with van der Waals surface area (Å²) in [7, 11) is 1.63. The first-order valence-electron chi connectivity index (χ1n) is 3.65. The molecule has 0 N–H and O–H groups in total. The van der Waals surface area contributed by atoms with Crippen molar-refractivity contribution in [2.45, 2.75) is 32.7 Å². The predicted molar refractivity (Wildman–Crippen MR) is 44.4 cm³/mol. The predicted octanol–water partition coefficient (Wildman–Crippen LogP) is 1.57. The van der Waals surface area contributed by atoms with Gasteiger partial charge in [-0.3, -0.25) is 0 Å². The zero-order valence-corrected chi connectivity index (χ0v) is 8.39. The summed E-state index contributed by atoms with van der Waals surface area (Å²) in [5, 5.41) is 0. The molecule has 0 spiro atoms. The van der Waals surface area contributed by atoms with Gasteiger partial charge in [0.25, 0.3) is 0 Å². The number of hydrogen-bond acceptors (Lipinski definition) is 1. The van der Waals surface area contributed by atoms with E-state index in [2.05, 4.69) is 20.8 Å². The van der Waals surface area contributed by atoms with Gasteiger partial charge >= 0.3 is 0 Å². The van der Waals surface area contributed by atoms with E-state index in [9.17, 15) is 0 Å². The lowest BCUT2D eigenvalue weighted by molar-refractivity contribution is 0.420. The summed E-state index contributed by atoms with van der Waals surface area (Å²) in [5.41, 5.74) is 0.856. The van der Waals surface area contributed by atoms with Gasteiger partial charge in [0.05, 0.1) is 0 Å². The fraction of sp³-hybridized carbons (Fsp3) is 1.00. The van der Waals surface area contributed by atoms with E-state index < -0.39 is 0 Å². The third kappa shape index (κ3) is 6.06. The molecule has 1 unspecified atom stereocenters. The second kappa shape index (κ2) is 5.00. The molecule has 0 aliphatic rings. The molecular weight excluding hydrogens is 128 g/mol. The molecule has 0 radical (unpaired) electrons. The molecule has 0 fully saturated rings. The van der Waals surface area contributed by atoms with Crippen molar-refractivity contribution in [2.24, 2.45) is 5.92 Å². The highest BCUT2D eigenvalue weighted by molar-refractivity contribution is 6.29. The van der Waals surface area contributed by atoms with E-state index in [0.29, 0.717) is 0 Å². The van der Waals surface area contributed by atoms with Crippen LogP contribution in [-0.2, 0) is 4.43 Å². The van der Waals surface area contributed by atoms with Crippen LogP contribution < -0.4 is 0 Å². The van der Waals surface area contributed by atoms with Crippen LogP contribution in [0.2, 0.25) is 5.54 Å². The van der Waals surface area contributed by atoms with Crippen molar-refractivity contribution in [3.8, 4) is 0 Å². The van der Waals surface area contributed by atoms with Crippen LogP contribution in [0.15, 0.2) is 0 Å². The lowest BCUT2D eigenvalue weighted by atomic mass is 10.1. The molecule has 9 heavy (non-hydrogen) atoms. The first-order valence-corrected chi connectivity index (χ1v) is 5.05. The molecule has 0 rings (SSSR count). The molecule has 0 aromatic rings. The quantitative estimate of drug-likeness (QED) is 0.547. The fourth-order valence-electron chi connectivity index (χ4n) is 1.16. The van der Waals surface area contributed by atoms with E-state index in [1.165, 1.54) is 6.42 Å². The molecule has 0 aliphatic carbocycles. The summed E-state index contributed by atoms with van der Waals surface area (Å²) in [6.45, 7) is 6.82. The van der Waals surface area contributed by atoms with Gasteiger partial charge in [-0.15, -0.1) is 0 Å². The van der Waals surface area contributed by atoms with E-state index in [1.807, 2.05) is 7.11 Å². The van der Waals surface area contributed by atoms with E-state index in [-0.39, 0.29) is 9.76 Å². The maximum absolute atomic E-state index is 5.14. The van der Waals surface area contributed by atoms with Gasteiger partial charge in [-0.25, -0.2) is 0 Å². The highest BCUT2D eigenvalue weighted by Crippen LogP contribution is 2.14. The third-order valence-corrected chi connectivity index (χ3v) is 2.56. The monoisotopic (exact) mass is 146 g/mol. The lowest BCUT2D eigenvalue weighted by Crippen LogP contribution is -2.04. The van der Waals surface area contributed by atoms with Gasteiger partial charge in [-0.2, -0.15) is 0 Å². The zero-order chi connectivity index (χ0) is 7.28. The summed E-state index contributed by atoms with van der Waals surface area (Å²) in [6.07, 6.45) is 1.33. The first-order chi connectivity index (χ1) is 4.16. The minimum absolute atomic E-state index is 0.197. The van der Waals surface area contributed by atoms with Crippen molar-refractivity contribution < 1.29 is 4.43 Å². The highest BCUT2D eigenvalue weighted by atomic mass is 28.2. The lowest BCUT2D eigenvalue weighted by Gasteiger charge is -2.10. The van der Waals surface area contributed by atoms with Gasteiger partial charge < -0.3 is 4.43 Å². The van der Waals surface area contributed by atoms with Gasteiger partial charge in [0.15, 0.2) is 9.76 Å². The van der Waals surface area contributed by atoms with Crippen LogP contribution in [0.3, 0.4) is 0 Å². The van der Waals surface area contributed by atoms with E-state index in [1.54, 1.807) is 0 Å². The fourth-order valence-corrected chi connectivity index (χ4v) is 2.53. The standard InChI is InChI=1S/C7H18OSi/c1-6(2)5-7(3)9-8-4/h6-7H,5,9H2,1-4H3. The van der Waals surface area contributed by atoms with E-state index in [0.717, 1.165) is 11.5 Å². The molecule has 0 amide bonds. The minimum atomic E-state index is -0.197. The van der Waals surface area contributed by atoms with Crippen LogP contribution in [-0.4, -0.2) is 16.9 Å². The van der Waals surface area contributed by atoms with Crippen LogP contribution in [0.5, 0.6) is 0 Å². The molecule has 1 atom stereocenters.